The highest BCUT2D eigenvalue weighted by molar-refractivity contribution is 5.80. The van der Waals surface area contributed by atoms with Gasteiger partial charge in [-0.05, 0) is 25.2 Å². The average molecular weight is 605 g/mol. The number of allylic oxidation sites excluding steroid dienone is 1. The first kappa shape index (κ1) is 36.3. The van der Waals surface area contributed by atoms with E-state index in [9.17, 15) is 35.1 Å². The summed E-state index contributed by atoms with van der Waals surface area (Å²) >= 11 is 0. The number of carbonyl (C=O) groups is 2. The molecule has 0 bridgehead atoms. The summed E-state index contributed by atoms with van der Waals surface area (Å²) in [5.41, 5.74) is 11.0. The van der Waals surface area contributed by atoms with Crippen LogP contribution in [-0.4, -0.2) is 111 Å². The zero-order valence-electron chi connectivity index (χ0n) is 25.3. The molecule has 0 aliphatic carbocycles. The van der Waals surface area contributed by atoms with Gasteiger partial charge in [0.1, 0.15) is 6.10 Å². The number of nitrogens with two attached hydrogens (primary N) is 2. The molecule has 2 saturated heterocycles. The Labute approximate surface area is 247 Å². The van der Waals surface area contributed by atoms with Gasteiger partial charge >= 0.3 is 6.03 Å². The molecule has 0 aromatic rings. The van der Waals surface area contributed by atoms with Crippen molar-refractivity contribution in [1.29, 1.82) is 0 Å². The Balaban J connectivity index is 2.31. The highest BCUT2D eigenvalue weighted by atomic mass is 16.7. The predicted octanol–water partition coefficient (Wildman–Crippen LogP) is -1.20. The molecule has 2 rings (SSSR count). The Morgan fingerprint density at radius 2 is 1.74 bits per heavy atom. The van der Waals surface area contributed by atoms with E-state index in [0.29, 0.717) is 6.42 Å². The molecule has 2 aliphatic rings. The second-order valence-electron chi connectivity index (χ2n) is 12.2. The van der Waals surface area contributed by atoms with Crippen LogP contribution in [-0.2, 0) is 19.0 Å². The monoisotopic (exact) mass is 604 g/mol. The first-order chi connectivity index (χ1) is 19.5. The second kappa shape index (κ2) is 16.3. The first-order valence-corrected chi connectivity index (χ1v) is 14.7. The lowest BCUT2D eigenvalue weighted by Crippen LogP contribution is -2.62. The highest BCUT2D eigenvalue weighted by Gasteiger charge is 2.50. The van der Waals surface area contributed by atoms with Crippen LogP contribution in [0.25, 0.3) is 0 Å². The number of aliphatic hydroxyl groups is 5. The van der Waals surface area contributed by atoms with E-state index < -0.39 is 78.7 Å². The minimum absolute atomic E-state index is 0.0412. The zero-order valence-corrected chi connectivity index (χ0v) is 25.3. The molecule has 244 valence electrons. The van der Waals surface area contributed by atoms with Crippen LogP contribution in [0.2, 0.25) is 0 Å². The molecule has 2 fully saturated rings. The quantitative estimate of drug-likeness (QED) is 0.0843. The molecule has 11 atom stereocenters. The van der Waals surface area contributed by atoms with Gasteiger partial charge in [0, 0.05) is 32.4 Å². The molecule has 5 unspecified atom stereocenters. The summed E-state index contributed by atoms with van der Waals surface area (Å²) in [6.45, 7) is 9.49. The number of rotatable bonds is 14. The molecule has 2 aliphatic heterocycles. The van der Waals surface area contributed by atoms with E-state index in [1.54, 1.807) is 26.8 Å². The summed E-state index contributed by atoms with van der Waals surface area (Å²) in [6, 6.07) is -1.70. The van der Waals surface area contributed by atoms with Crippen molar-refractivity contribution in [3.8, 4) is 0 Å². The van der Waals surface area contributed by atoms with Gasteiger partial charge in [0.2, 0.25) is 5.91 Å². The van der Waals surface area contributed by atoms with Crippen LogP contribution in [0.3, 0.4) is 0 Å². The Morgan fingerprint density at radius 3 is 2.33 bits per heavy atom. The summed E-state index contributed by atoms with van der Waals surface area (Å²) in [7, 11) is 0. The molecular formula is C28H52N4O10. The largest absolute Gasteiger partial charge is 0.393 e. The standard InChI is InChI=1S/C28H52N4O10/c1-14(2)7-8-17(41-26-24(36)22(29)23(35)16(5)40-26)11-20-21(25(37)31-9-6-10-32-27(30)38)19(34)13-28(39,42-20)12-18(33)15(3)4/h7-8,14-24,26,33-36,39H,6,9-13,29H2,1-5H3,(H,31,37)(H3,30,32,38)/b8-7+/t16?,17-,18+,19-,20-,21+,22?,23?,24?,26?,28+/m0/s1. The Kier molecular flexibility index (Phi) is 14.1. The molecule has 3 amide bonds. The maximum atomic E-state index is 13.3. The van der Waals surface area contributed by atoms with E-state index in [-0.39, 0.29) is 44.2 Å². The fraction of sp³-hybridized carbons (Fsp3) is 0.857. The topological polar surface area (TPSA) is 239 Å². The van der Waals surface area contributed by atoms with E-state index in [2.05, 4.69) is 10.6 Å². The van der Waals surface area contributed by atoms with Crippen molar-refractivity contribution in [3.63, 3.8) is 0 Å². The van der Waals surface area contributed by atoms with Crippen LogP contribution < -0.4 is 22.1 Å². The Morgan fingerprint density at radius 1 is 1.10 bits per heavy atom. The number of aliphatic hydroxyl groups excluding tert-OH is 4. The van der Waals surface area contributed by atoms with Crippen molar-refractivity contribution in [2.24, 2.45) is 29.2 Å². The summed E-state index contributed by atoms with van der Waals surface area (Å²) in [4.78, 5) is 24.2. The lowest BCUT2D eigenvalue weighted by Gasteiger charge is -2.46. The number of nitrogens with one attached hydrogen (secondary N) is 2. The third-order valence-corrected chi connectivity index (χ3v) is 7.65. The molecule has 0 spiro atoms. The zero-order chi connectivity index (χ0) is 31.8. The van der Waals surface area contributed by atoms with E-state index in [4.69, 9.17) is 25.7 Å². The number of hydrogen-bond acceptors (Lipinski definition) is 11. The normalized spacial score (nSPS) is 35.4. The van der Waals surface area contributed by atoms with E-state index >= 15 is 0 Å². The van der Waals surface area contributed by atoms with E-state index in [0.717, 1.165) is 0 Å². The van der Waals surface area contributed by atoms with Gasteiger partial charge in [0.05, 0.1) is 48.6 Å². The minimum Gasteiger partial charge on any atom is -0.393 e. The van der Waals surface area contributed by atoms with Crippen LogP contribution in [0, 0.1) is 17.8 Å². The van der Waals surface area contributed by atoms with Crippen molar-refractivity contribution < 1.29 is 49.3 Å². The third-order valence-electron chi connectivity index (χ3n) is 7.65. The molecule has 0 saturated carbocycles. The van der Waals surface area contributed by atoms with E-state index in [1.807, 2.05) is 19.9 Å². The maximum absolute atomic E-state index is 13.3. The number of carbonyl (C=O) groups excluding carboxylic acids is 2. The number of hydrogen-bond donors (Lipinski definition) is 9. The van der Waals surface area contributed by atoms with Crippen molar-refractivity contribution in [2.75, 3.05) is 13.1 Å². The van der Waals surface area contributed by atoms with Gasteiger partial charge in [-0.2, -0.15) is 0 Å². The minimum atomic E-state index is -1.93. The summed E-state index contributed by atoms with van der Waals surface area (Å²) in [5, 5.41) is 59.0. The number of ether oxygens (including phenoxy) is 3. The molecule has 0 aromatic carbocycles. The van der Waals surface area contributed by atoms with Crippen LogP contribution in [0.1, 0.15) is 60.3 Å². The highest BCUT2D eigenvalue weighted by Crippen LogP contribution is 2.38. The molecule has 14 nitrogen and oxygen atoms in total. The molecule has 14 heteroatoms. The number of urea groups is 1. The molecular weight excluding hydrogens is 552 g/mol. The maximum Gasteiger partial charge on any atom is 0.312 e. The van der Waals surface area contributed by atoms with E-state index in [1.165, 1.54) is 0 Å². The van der Waals surface area contributed by atoms with Gasteiger partial charge in [-0.3, -0.25) is 4.79 Å². The Hall–Kier alpha value is -1.88. The molecule has 11 N–H and O–H groups in total. The SMILES string of the molecule is CC(C)/C=C/[C@@H](C[C@@H]1O[C@](O)(C[C@@H](O)C(C)C)C[C@H](O)[C@H]1C(=O)NCCCNC(N)=O)OC1OC(C)C(O)C(N)C1O. The van der Waals surface area contributed by atoms with Gasteiger partial charge < -0.3 is 61.8 Å². The summed E-state index contributed by atoms with van der Waals surface area (Å²) in [6.07, 6.45) is -5.13. The first-order valence-electron chi connectivity index (χ1n) is 14.7. The van der Waals surface area contributed by atoms with Gasteiger partial charge in [-0.25, -0.2) is 4.79 Å². The Bertz CT molecular complexity index is 893. The summed E-state index contributed by atoms with van der Waals surface area (Å²) in [5.74, 6) is -3.66. The lowest BCUT2D eigenvalue weighted by molar-refractivity contribution is -0.307. The van der Waals surface area contributed by atoms with Crippen LogP contribution in [0.15, 0.2) is 12.2 Å². The van der Waals surface area contributed by atoms with Gasteiger partial charge in [0.25, 0.3) is 0 Å². The van der Waals surface area contributed by atoms with Gasteiger partial charge in [0.15, 0.2) is 12.1 Å². The van der Waals surface area contributed by atoms with Crippen molar-refractivity contribution >= 4 is 11.9 Å². The van der Waals surface area contributed by atoms with Crippen LogP contribution >= 0.6 is 0 Å². The van der Waals surface area contributed by atoms with Crippen molar-refractivity contribution in [3.05, 3.63) is 12.2 Å². The van der Waals surface area contributed by atoms with Crippen LogP contribution in [0.5, 0.6) is 0 Å². The van der Waals surface area contributed by atoms with Gasteiger partial charge in [-0.1, -0.05) is 39.8 Å². The van der Waals surface area contributed by atoms with Crippen molar-refractivity contribution in [1.82, 2.24) is 10.6 Å². The van der Waals surface area contributed by atoms with Crippen molar-refractivity contribution in [2.45, 2.75) is 121 Å². The molecule has 0 aromatic heterocycles. The van der Waals surface area contributed by atoms with Crippen LogP contribution in [0.4, 0.5) is 4.79 Å². The lowest BCUT2D eigenvalue weighted by atomic mass is 9.81. The molecule has 0 radical (unpaired) electrons. The molecule has 2 heterocycles. The average Bonchev–Trinajstić information content (AvgIpc) is 2.87. The van der Waals surface area contributed by atoms with Gasteiger partial charge in [-0.15, -0.1) is 0 Å². The third kappa shape index (κ3) is 10.7. The smallest absolute Gasteiger partial charge is 0.312 e. The summed E-state index contributed by atoms with van der Waals surface area (Å²) < 4.78 is 17.9. The fourth-order valence-electron chi connectivity index (χ4n) is 5.07. The number of primary amides is 1. The predicted molar refractivity (Wildman–Crippen MR) is 152 cm³/mol. The second-order valence-corrected chi connectivity index (χ2v) is 12.2. The molecule has 42 heavy (non-hydrogen) atoms. The number of amides is 3. The fourth-order valence-corrected chi connectivity index (χ4v) is 5.07.